The third kappa shape index (κ3) is 2.92. The SMILES string of the molecule is COC(=O)[C@H](C)NC(=O)C1CCCC1N. The molecule has 3 N–H and O–H groups in total. The summed E-state index contributed by atoms with van der Waals surface area (Å²) >= 11 is 0. The summed E-state index contributed by atoms with van der Waals surface area (Å²) in [6, 6.07) is -0.676. The van der Waals surface area contributed by atoms with E-state index in [1.165, 1.54) is 7.11 Å². The number of methoxy groups -OCH3 is 1. The van der Waals surface area contributed by atoms with Crippen LogP contribution in [-0.2, 0) is 14.3 Å². The van der Waals surface area contributed by atoms with E-state index < -0.39 is 12.0 Å². The summed E-state index contributed by atoms with van der Waals surface area (Å²) in [5.74, 6) is -0.732. The molecule has 2 unspecified atom stereocenters. The number of hydrogen-bond acceptors (Lipinski definition) is 4. The molecule has 0 heterocycles. The lowest BCUT2D eigenvalue weighted by atomic mass is 10.0. The fourth-order valence-corrected chi connectivity index (χ4v) is 1.87. The Kier molecular flexibility index (Phi) is 4.08. The fraction of sp³-hybridized carbons (Fsp3) is 0.800. The second kappa shape index (κ2) is 5.11. The summed E-state index contributed by atoms with van der Waals surface area (Å²) in [4.78, 5) is 22.8. The summed E-state index contributed by atoms with van der Waals surface area (Å²) in [6.45, 7) is 1.60. The Morgan fingerprint density at radius 1 is 1.47 bits per heavy atom. The third-order valence-corrected chi connectivity index (χ3v) is 2.82. The molecule has 0 saturated heterocycles. The lowest BCUT2D eigenvalue weighted by molar-refractivity contribution is -0.145. The quantitative estimate of drug-likeness (QED) is 0.637. The number of nitrogens with two attached hydrogens (primary N) is 1. The number of rotatable bonds is 3. The molecule has 3 atom stereocenters. The topological polar surface area (TPSA) is 81.4 Å². The van der Waals surface area contributed by atoms with Gasteiger partial charge in [-0.3, -0.25) is 4.79 Å². The highest BCUT2D eigenvalue weighted by Crippen LogP contribution is 2.23. The number of amides is 1. The molecule has 0 aromatic heterocycles. The minimum absolute atomic E-state index is 0.0742. The number of carbonyl (C=O) groups is 2. The van der Waals surface area contributed by atoms with Crippen LogP contribution >= 0.6 is 0 Å². The van der Waals surface area contributed by atoms with Crippen LogP contribution in [0.1, 0.15) is 26.2 Å². The van der Waals surface area contributed by atoms with Crippen molar-refractivity contribution in [2.45, 2.75) is 38.3 Å². The lowest BCUT2D eigenvalue weighted by Crippen LogP contribution is -2.45. The van der Waals surface area contributed by atoms with Crippen LogP contribution in [0, 0.1) is 5.92 Å². The number of hydrogen-bond donors (Lipinski definition) is 2. The summed E-state index contributed by atoms with van der Waals surface area (Å²) in [6.07, 6.45) is 2.66. The molecule has 0 spiro atoms. The second-order valence-electron chi connectivity index (χ2n) is 3.95. The van der Waals surface area contributed by atoms with Gasteiger partial charge in [0.2, 0.25) is 5.91 Å². The molecule has 1 aliphatic rings. The largest absolute Gasteiger partial charge is 0.467 e. The predicted molar refractivity (Wildman–Crippen MR) is 54.9 cm³/mol. The molecule has 1 rings (SSSR count). The van der Waals surface area contributed by atoms with Crippen molar-refractivity contribution in [2.24, 2.45) is 11.7 Å². The number of ether oxygens (including phenoxy) is 1. The molecule has 1 amide bonds. The maximum absolute atomic E-state index is 11.7. The van der Waals surface area contributed by atoms with Crippen molar-refractivity contribution < 1.29 is 14.3 Å². The zero-order chi connectivity index (χ0) is 11.4. The van der Waals surface area contributed by atoms with Crippen molar-refractivity contribution in [1.29, 1.82) is 0 Å². The van der Waals surface area contributed by atoms with E-state index in [0.29, 0.717) is 0 Å². The average Bonchev–Trinajstić information content (AvgIpc) is 2.63. The Labute approximate surface area is 89.3 Å². The minimum atomic E-state index is -0.602. The van der Waals surface area contributed by atoms with Gasteiger partial charge in [0.15, 0.2) is 0 Å². The van der Waals surface area contributed by atoms with Crippen LogP contribution in [0.5, 0.6) is 0 Å². The maximum Gasteiger partial charge on any atom is 0.328 e. The van der Waals surface area contributed by atoms with E-state index >= 15 is 0 Å². The van der Waals surface area contributed by atoms with Gasteiger partial charge in [-0.15, -0.1) is 0 Å². The van der Waals surface area contributed by atoms with Crippen molar-refractivity contribution in [3.8, 4) is 0 Å². The molecule has 0 aromatic carbocycles. The minimum Gasteiger partial charge on any atom is -0.467 e. The van der Waals surface area contributed by atoms with Gasteiger partial charge in [-0.2, -0.15) is 0 Å². The fourth-order valence-electron chi connectivity index (χ4n) is 1.87. The van der Waals surface area contributed by atoms with Crippen molar-refractivity contribution in [3.63, 3.8) is 0 Å². The van der Waals surface area contributed by atoms with Gasteiger partial charge >= 0.3 is 5.97 Å². The summed E-state index contributed by atoms with van der Waals surface area (Å²) in [7, 11) is 1.30. The number of nitrogens with one attached hydrogen (secondary N) is 1. The number of carbonyl (C=O) groups excluding carboxylic acids is 2. The molecule has 5 heteroatoms. The van der Waals surface area contributed by atoms with Crippen LogP contribution < -0.4 is 11.1 Å². The highest BCUT2D eigenvalue weighted by molar-refractivity contribution is 5.85. The molecule has 0 aliphatic heterocycles. The molecule has 0 aromatic rings. The molecule has 1 fully saturated rings. The van der Waals surface area contributed by atoms with Crippen molar-refractivity contribution in [3.05, 3.63) is 0 Å². The van der Waals surface area contributed by atoms with E-state index in [1.807, 2.05) is 0 Å². The molecule has 86 valence electrons. The molecule has 1 aliphatic carbocycles. The normalized spacial score (nSPS) is 27.1. The van der Waals surface area contributed by atoms with Gasteiger partial charge in [0, 0.05) is 6.04 Å². The number of esters is 1. The molecular formula is C10H18N2O3. The van der Waals surface area contributed by atoms with Crippen LogP contribution in [0.25, 0.3) is 0 Å². The standard InChI is InChI=1S/C10H18N2O3/c1-6(10(14)15-2)12-9(13)7-4-3-5-8(7)11/h6-8H,3-5,11H2,1-2H3,(H,12,13)/t6-,7?,8?/m0/s1. The van der Waals surface area contributed by atoms with E-state index in [2.05, 4.69) is 10.1 Å². The smallest absolute Gasteiger partial charge is 0.328 e. The first-order valence-corrected chi connectivity index (χ1v) is 5.20. The van der Waals surface area contributed by atoms with Gasteiger partial charge in [0.1, 0.15) is 6.04 Å². The molecule has 15 heavy (non-hydrogen) atoms. The zero-order valence-corrected chi connectivity index (χ0v) is 9.16. The van der Waals surface area contributed by atoms with Gasteiger partial charge in [0.05, 0.1) is 13.0 Å². The first kappa shape index (κ1) is 12.0. The van der Waals surface area contributed by atoms with Gasteiger partial charge in [-0.05, 0) is 19.8 Å². The zero-order valence-electron chi connectivity index (χ0n) is 9.16. The Morgan fingerprint density at radius 2 is 2.13 bits per heavy atom. The molecule has 5 nitrogen and oxygen atoms in total. The van der Waals surface area contributed by atoms with Gasteiger partial charge in [-0.25, -0.2) is 4.79 Å². The summed E-state index contributed by atoms with van der Waals surface area (Å²) in [5, 5.41) is 2.61. The van der Waals surface area contributed by atoms with Gasteiger partial charge in [0.25, 0.3) is 0 Å². The van der Waals surface area contributed by atoms with Crippen molar-refractivity contribution in [2.75, 3.05) is 7.11 Å². The van der Waals surface area contributed by atoms with Crippen LogP contribution in [0.15, 0.2) is 0 Å². The van der Waals surface area contributed by atoms with Crippen LogP contribution in [0.3, 0.4) is 0 Å². The van der Waals surface area contributed by atoms with Gasteiger partial charge < -0.3 is 15.8 Å². The Balaban J connectivity index is 2.44. The predicted octanol–water partition coefficient (Wildman–Crippen LogP) is -0.208. The lowest BCUT2D eigenvalue weighted by Gasteiger charge is -2.18. The van der Waals surface area contributed by atoms with Crippen molar-refractivity contribution in [1.82, 2.24) is 5.32 Å². The molecule has 0 radical (unpaired) electrons. The highest BCUT2D eigenvalue weighted by Gasteiger charge is 2.31. The Morgan fingerprint density at radius 3 is 2.60 bits per heavy atom. The van der Waals surface area contributed by atoms with Crippen LogP contribution in [0.2, 0.25) is 0 Å². The monoisotopic (exact) mass is 214 g/mol. The molecule has 0 bridgehead atoms. The van der Waals surface area contributed by atoms with E-state index in [9.17, 15) is 9.59 Å². The van der Waals surface area contributed by atoms with E-state index in [4.69, 9.17) is 5.73 Å². The molecule has 1 saturated carbocycles. The Bertz CT molecular complexity index is 255. The van der Waals surface area contributed by atoms with Gasteiger partial charge in [-0.1, -0.05) is 6.42 Å². The van der Waals surface area contributed by atoms with Crippen LogP contribution in [-0.4, -0.2) is 31.1 Å². The first-order chi connectivity index (χ1) is 7.06. The van der Waals surface area contributed by atoms with E-state index in [-0.39, 0.29) is 17.9 Å². The van der Waals surface area contributed by atoms with E-state index in [1.54, 1.807) is 6.92 Å². The Hall–Kier alpha value is -1.10. The van der Waals surface area contributed by atoms with Crippen molar-refractivity contribution >= 4 is 11.9 Å². The highest BCUT2D eigenvalue weighted by atomic mass is 16.5. The molecular weight excluding hydrogens is 196 g/mol. The average molecular weight is 214 g/mol. The summed E-state index contributed by atoms with van der Waals surface area (Å²) < 4.78 is 4.52. The maximum atomic E-state index is 11.7. The van der Waals surface area contributed by atoms with Crippen LogP contribution in [0.4, 0.5) is 0 Å². The summed E-state index contributed by atoms with van der Waals surface area (Å²) in [5.41, 5.74) is 5.79. The first-order valence-electron chi connectivity index (χ1n) is 5.20. The van der Waals surface area contributed by atoms with E-state index in [0.717, 1.165) is 19.3 Å². The third-order valence-electron chi connectivity index (χ3n) is 2.82. The second-order valence-corrected chi connectivity index (χ2v) is 3.95.